The number of benzene rings is 1. The van der Waals surface area contributed by atoms with E-state index in [0.717, 1.165) is 27.5 Å². The summed E-state index contributed by atoms with van der Waals surface area (Å²) in [6.45, 7) is 2.01. The van der Waals surface area contributed by atoms with Crippen molar-refractivity contribution in [1.29, 1.82) is 0 Å². The second-order valence-corrected chi connectivity index (χ2v) is 3.72. The number of halogens is 1. The molecule has 0 aliphatic rings. The molecule has 0 radical (unpaired) electrons. The molecule has 90 valence electrons. The van der Waals surface area contributed by atoms with Crippen LogP contribution in [0.15, 0.2) is 35.3 Å². The second kappa shape index (κ2) is 4.61. The van der Waals surface area contributed by atoms with E-state index in [9.17, 15) is 4.79 Å². The van der Waals surface area contributed by atoms with Gasteiger partial charge in [-0.05, 0) is 25.1 Å². The zero-order valence-corrected chi connectivity index (χ0v) is 9.93. The van der Waals surface area contributed by atoms with Crippen molar-refractivity contribution in [3.8, 4) is 0 Å². The lowest BCUT2D eigenvalue weighted by molar-refractivity contribution is -0.00000436. The summed E-state index contributed by atoms with van der Waals surface area (Å²) in [7, 11) is 0. The zero-order valence-electron chi connectivity index (χ0n) is 9.17. The van der Waals surface area contributed by atoms with Gasteiger partial charge < -0.3 is 27.9 Å². The Hall–Kier alpha value is -1.78. The fraction of sp³-hybridized carbons (Fsp3) is 0.0833. The number of H-pyrrole nitrogens is 2. The molecule has 0 saturated carbocycles. The van der Waals surface area contributed by atoms with Crippen LogP contribution in [-0.4, -0.2) is 15.4 Å². The second-order valence-electron chi connectivity index (χ2n) is 3.72. The highest BCUT2D eigenvalue weighted by atomic mass is 35.5. The number of pyridine rings is 1. The molecule has 17 heavy (non-hydrogen) atoms. The van der Waals surface area contributed by atoms with Crippen LogP contribution in [0.2, 0.25) is 0 Å². The average molecular weight is 252 g/mol. The summed E-state index contributed by atoms with van der Waals surface area (Å²) in [5.74, 6) is 0. The number of fused-ring (bicyclic) bond motifs is 3. The number of aromatic nitrogens is 2. The summed E-state index contributed by atoms with van der Waals surface area (Å²) in [6.07, 6.45) is 1.91. The Morgan fingerprint density at radius 2 is 1.88 bits per heavy atom. The van der Waals surface area contributed by atoms with Crippen LogP contribution in [0.4, 0.5) is 0 Å². The quantitative estimate of drug-likeness (QED) is 0.501. The number of aryl methyl sites for hydroxylation is 1. The third kappa shape index (κ3) is 1.92. The predicted octanol–water partition coefficient (Wildman–Crippen LogP) is -1.50. The SMILES string of the molecule is Cc1[nH]ccc2c1[nH]c1cc(=O)ccc12.O.[Cl-]. The number of hydrogen-bond donors (Lipinski definition) is 2. The molecule has 0 fully saturated rings. The largest absolute Gasteiger partial charge is 1.00 e. The average Bonchev–Trinajstić information content (AvgIpc) is 2.57. The minimum Gasteiger partial charge on any atom is -1.00 e. The summed E-state index contributed by atoms with van der Waals surface area (Å²) in [4.78, 5) is 17.6. The Morgan fingerprint density at radius 3 is 2.65 bits per heavy atom. The molecule has 2 heterocycles. The third-order valence-electron chi connectivity index (χ3n) is 2.74. The molecule has 4 N–H and O–H groups in total. The topological polar surface area (TPSA) is 80.2 Å². The fourth-order valence-electron chi connectivity index (χ4n) is 1.99. The molecule has 3 rings (SSSR count). The van der Waals surface area contributed by atoms with Gasteiger partial charge in [-0.25, -0.2) is 0 Å². The third-order valence-corrected chi connectivity index (χ3v) is 2.74. The van der Waals surface area contributed by atoms with Crippen molar-refractivity contribution in [3.63, 3.8) is 0 Å². The van der Waals surface area contributed by atoms with E-state index < -0.39 is 0 Å². The van der Waals surface area contributed by atoms with Gasteiger partial charge in [0, 0.05) is 28.7 Å². The van der Waals surface area contributed by atoms with Gasteiger partial charge in [0.2, 0.25) is 0 Å². The lowest BCUT2D eigenvalue weighted by Gasteiger charge is -1.94. The van der Waals surface area contributed by atoms with E-state index in [1.165, 1.54) is 0 Å². The normalized spacial score (nSPS) is 9.94. The molecule has 0 bridgehead atoms. The molecule has 0 saturated heterocycles. The van der Waals surface area contributed by atoms with Crippen molar-refractivity contribution in [2.24, 2.45) is 0 Å². The molecule has 0 unspecified atom stereocenters. The van der Waals surface area contributed by atoms with E-state index in [-0.39, 0.29) is 23.3 Å². The fourth-order valence-corrected chi connectivity index (χ4v) is 1.99. The van der Waals surface area contributed by atoms with Gasteiger partial charge in [-0.1, -0.05) is 0 Å². The molecule has 3 aromatic rings. The van der Waals surface area contributed by atoms with Gasteiger partial charge in [-0.3, -0.25) is 4.79 Å². The van der Waals surface area contributed by atoms with Gasteiger partial charge in [0.1, 0.15) is 0 Å². The monoisotopic (exact) mass is 251 g/mol. The van der Waals surface area contributed by atoms with Gasteiger partial charge in [0.15, 0.2) is 5.43 Å². The molecule has 0 aliphatic heterocycles. The van der Waals surface area contributed by atoms with Crippen LogP contribution in [0.5, 0.6) is 0 Å². The van der Waals surface area contributed by atoms with Gasteiger partial charge >= 0.3 is 0 Å². The van der Waals surface area contributed by atoms with E-state index in [0.29, 0.717) is 0 Å². The summed E-state index contributed by atoms with van der Waals surface area (Å²) in [5, 5.41) is 2.25. The van der Waals surface area contributed by atoms with Gasteiger partial charge in [-0.15, -0.1) is 0 Å². The van der Waals surface area contributed by atoms with Crippen molar-refractivity contribution in [2.45, 2.75) is 6.92 Å². The van der Waals surface area contributed by atoms with Gasteiger partial charge in [-0.2, -0.15) is 0 Å². The molecule has 0 aliphatic carbocycles. The molecule has 5 heteroatoms. The van der Waals surface area contributed by atoms with Crippen LogP contribution in [0.3, 0.4) is 0 Å². The standard InChI is InChI=1S/C12H10N2O.ClH.H2O/c1-7-12-10(4-5-13-7)9-3-2-8(15)6-11(9)14-12;;/h2-6,13-14H,1H3;1H;1H2/p-1. The number of hydrogen-bond acceptors (Lipinski definition) is 1. The van der Waals surface area contributed by atoms with Gasteiger partial charge in [0.25, 0.3) is 0 Å². The molecule has 0 amide bonds. The highest BCUT2D eigenvalue weighted by molar-refractivity contribution is 6.07. The predicted molar refractivity (Wildman–Crippen MR) is 64.8 cm³/mol. The Labute approximate surface area is 103 Å². The van der Waals surface area contributed by atoms with Crippen molar-refractivity contribution < 1.29 is 17.9 Å². The van der Waals surface area contributed by atoms with Crippen LogP contribution in [-0.2, 0) is 0 Å². The first-order valence-corrected chi connectivity index (χ1v) is 4.85. The molecule has 0 atom stereocenters. The first-order valence-electron chi connectivity index (χ1n) is 4.85. The summed E-state index contributed by atoms with van der Waals surface area (Å²) < 4.78 is 0. The molecule has 2 aromatic heterocycles. The molecule has 0 spiro atoms. The van der Waals surface area contributed by atoms with Crippen molar-refractivity contribution >= 4 is 21.8 Å². The molecule has 1 aromatic carbocycles. The molecular weight excluding hydrogens is 240 g/mol. The van der Waals surface area contributed by atoms with Crippen LogP contribution < -0.4 is 17.8 Å². The van der Waals surface area contributed by atoms with E-state index in [1.807, 2.05) is 25.3 Å². The molecular formula is C12H12ClN2O2-. The summed E-state index contributed by atoms with van der Waals surface area (Å²) in [5.41, 5.74) is 3.09. The van der Waals surface area contributed by atoms with Crippen molar-refractivity contribution in [3.05, 3.63) is 46.4 Å². The summed E-state index contributed by atoms with van der Waals surface area (Å²) in [6, 6.07) is 7.12. The highest BCUT2D eigenvalue weighted by Crippen LogP contribution is 2.24. The maximum absolute atomic E-state index is 11.2. The Morgan fingerprint density at radius 1 is 1.12 bits per heavy atom. The van der Waals surface area contributed by atoms with Crippen molar-refractivity contribution in [1.82, 2.24) is 9.97 Å². The van der Waals surface area contributed by atoms with E-state index in [1.54, 1.807) is 12.1 Å². The lowest BCUT2D eigenvalue weighted by atomic mass is 10.2. The van der Waals surface area contributed by atoms with Crippen molar-refractivity contribution in [2.75, 3.05) is 0 Å². The smallest absolute Gasteiger partial charge is 0.180 e. The Bertz CT molecular complexity index is 715. The lowest BCUT2D eigenvalue weighted by Crippen LogP contribution is -3.00. The van der Waals surface area contributed by atoms with E-state index in [2.05, 4.69) is 9.97 Å². The van der Waals surface area contributed by atoms with E-state index >= 15 is 0 Å². The van der Waals surface area contributed by atoms with Crippen LogP contribution in [0.1, 0.15) is 5.69 Å². The number of aromatic amines is 2. The number of rotatable bonds is 0. The summed E-state index contributed by atoms with van der Waals surface area (Å²) >= 11 is 0. The molecule has 4 nitrogen and oxygen atoms in total. The van der Waals surface area contributed by atoms with Gasteiger partial charge in [0.05, 0.1) is 11.0 Å². The zero-order chi connectivity index (χ0) is 10.4. The maximum Gasteiger partial charge on any atom is 0.180 e. The minimum atomic E-state index is 0. The highest BCUT2D eigenvalue weighted by Gasteiger charge is 2.05. The minimum absolute atomic E-state index is 0. The van der Waals surface area contributed by atoms with Crippen LogP contribution >= 0.6 is 0 Å². The Kier molecular flexibility index (Phi) is 3.60. The first kappa shape index (κ1) is 13.3. The van der Waals surface area contributed by atoms with Crippen LogP contribution in [0, 0.1) is 6.92 Å². The number of nitrogens with one attached hydrogen (secondary N) is 2. The van der Waals surface area contributed by atoms with E-state index in [4.69, 9.17) is 0 Å². The maximum atomic E-state index is 11.2. The Balaban J connectivity index is 0.000000722. The van der Waals surface area contributed by atoms with Crippen LogP contribution in [0.25, 0.3) is 21.8 Å². The first-order chi connectivity index (χ1) is 7.25.